The highest BCUT2D eigenvalue weighted by atomic mass is 16.3. The van der Waals surface area contributed by atoms with Crippen LogP contribution >= 0.6 is 0 Å². The summed E-state index contributed by atoms with van der Waals surface area (Å²) in [6, 6.07) is 10.0. The van der Waals surface area contributed by atoms with Crippen LogP contribution in [-0.2, 0) is 6.42 Å². The van der Waals surface area contributed by atoms with Gasteiger partial charge in [0.15, 0.2) is 0 Å². The van der Waals surface area contributed by atoms with Crippen LogP contribution in [-0.4, -0.2) is 0 Å². The van der Waals surface area contributed by atoms with Crippen LogP contribution in [0.1, 0.15) is 18.2 Å². The molecule has 0 saturated heterocycles. The van der Waals surface area contributed by atoms with E-state index in [0.29, 0.717) is 0 Å². The van der Waals surface area contributed by atoms with E-state index in [-0.39, 0.29) is 0 Å². The van der Waals surface area contributed by atoms with E-state index in [1.54, 1.807) is 6.26 Å². The van der Waals surface area contributed by atoms with Crippen LogP contribution < -0.4 is 0 Å². The van der Waals surface area contributed by atoms with Gasteiger partial charge in [-0.3, -0.25) is 0 Å². The quantitative estimate of drug-likeness (QED) is 0.617. The van der Waals surface area contributed by atoms with E-state index >= 15 is 0 Å². The summed E-state index contributed by atoms with van der Waals surface area (Å²) in [5.74, 6) is 0.918. The third kappa shape index (κ3) is 2.79. The molecule has 0 unspecified atom stereocenters. The molecule has 1 heteroatoms. The number of hydrogen-bond acceptors (Lipinski definition) is 1. The van der Waals surface area contributed by atoms with Crippen molar-refractivity contribution < 1.29 is 4.42 Å². The molecule has 0 aromatic carbocycles. The van der Waals surface area contributed by atoms with Gasteiger partial charge >= 0.3 is 0 Å². The first kappa shape index (κ1) is 8.85. The summed E-state index contributed by atoms with van der Waals surface area (Å²) in [6.45, 7) is 4.08. The molecule has 0 radical (unpaired) electrons. The zero-order valence-corrected chi connectivity index (χ0v) is 7.58. The van der Waals surface area contributed by atoms with Crippen molar-refractivity contribution in [3.8, 4) is 0 Å². The minimum absolute atomic E-state index is 0.918. The standard InChI is InChI=1S/C11H14O/c1-3-11-6-4-5-9-12-10(2)7-8-11/h4-9H,3H2,1-2H3. The molecule has 0 saturated carbocycles. The molecular formula is C11H14O. The van der Waals surface area contributed by atoms with Gasteiger partial charge in [-0.1, -0.05) is 25.1 Å². The lowest BCUT2D eigenvalue weighted by Crippen LogP contribution is -1.72. The van der Waals surface area contributed by atoms with Crippen molar-refractivity contribution in [2.45, 2.75) is 20.3 Å². The van der Waals surface area contributed by atoms with Crippen molar-refractivity contribution >= 4 is 0 Å². The van der Waals surface area contributed by atoms with E-state index in [0.717, 1.165) is 12.2 Å². The van der Waals surface area contributed by atoms with Gasteiger partial charge in [0.05, 0.1) is 6.26 Å². The highest BCUT2D eigenvalue weighted by Crippen LogP contribution is 1.98. The molecule has 0 spiro atoms. The SMILES string of the molecule is CCc1ccccoc(C)cc1. The Morgan fingerprint density at radius 1 is 1.17 bits per heavy atom. The van der Waals surface area contributed by atoms with Crippen LogP contribution in [0, 0.1) is 6.92 Å². The van der Waals surface area contributed by atoms with Crippen molar-refractivity contribution in [1.82, 2.24) is 0 Å². The van der Waals surface area contributed by atoms with Crippen molar-refractivity contribution in [2.24, 2.45) is 0 Å². The van der Waals surface area contributed by atoms with E-state index in [1.165, 1.54) is 5.56 Å². The Bertz CT molecular complexity index is 285. The lowest BCUT2D eigenvalue weighted by molar-refractivity contribution is 0.521. The smallest absolute Gasteiger partial charge is 0.100 e. The molecule has 1 heterocycles. The summed E-state index contributed by atoms with van der Waals surface area (Å²) in [4.78, 5) is 0. The third-order valence-electron chi connectivity index (χ3n) is 1.69. The van der Waals surface area contributed by atoms with Crippen LogP contribution in [0.15, 0.2) is 41.0 Å². The van der Waals surface area contributed by atoms with E-state index in [2.05, 4.69) is 19.1 Å². The lowest BCUT2D eigenvalue weighted by Gasteiger charge is -1.87. The number of aryl methyl sites for hydroxylation is 2. The maximum Gasteiger partial charge on any atom is 0.100 e. The molecule has 0 atom stereocenters. The van der Waals surface area contributed by atoms with Gasteiger partial charge < -0.3 is 4.42 Å². The first-order valence-electron chi connectivity index (χ1n) is 4.20. The molecule has 0 aliphatic heterocycles. The molecule has 1 aromatic heterocycles. The second kappa shape index (κ2) is 4.60. The normalized spacial score (nSPS) is 9.17. The molecule has 1 aromatic rings. The molecule has 0 aliphatic rings. The summed E-state index contributed by atoms with van der Waals surface area (Å²) in [7, 11) is 0. The molecule has 1 nitrogen and oxygen atoms in total. The highest BCUT2D eigenvalue weighted by molar-refractivity contribution is 5.11. The van der Waals surface area contributed by atoms with Crippen molar-refractivity contribution in [1.29, 1.82) is 0 Å². The van der Waals surface area contributed by atoms with E-state index < -0.39 is 0 Å². The third-order valence-corrected chi connectivity index (χ3v) is 1.69. The summed E-state index contributed by atoms with van der Waals surface area (Å²) in [6.07, 6.45) is 2.74. The van der Waals surface area contributed by atoms with Crippen LogP contribution in [0.4, 0.5) is 0 Å². The minimum atomic E-state index is 0.918. The lowest BCUT2D eigenvalue weighted by atomic mass is 10.2. The van der Waals surface area contributed by atoms with E-state index in [4.69, 9.17) is 4.42 Å². The molecule has 0 bridgehead atoms. The Morgan fingerprint density at radius 3 is 2.75 bits per heavy atom. The highest BCUT2D eigenvalue weighted by Gasteiger charge is 1.82. The predicted molar refractivity (Wildman–Crippen MR) is 50.5 cm³/mol. The Labute approximate surface area is 73.4 Å². The second-order valence-corrected chi connectivity index (χ2v) is 2.68. The summed E-state index contributed by atoms with van der Waals surface area (Å²) in [5, 5.41) is 0. The minimum Gasteiger partial charge on any atom is -0.470 e. The number of rotatable bonds is 1. The summed E-state index contributed by atoms with van der Waals surface area (Å²) >= 11 is 0. The maximum atomic E-state index is 5.24. The Kier molecular flexibility index (Phi) is 3.39. The van der Waals surface area contributed by atoms with Gasteiger partial charge in [0, 0.05) is 0 Å². The number of hydrogen-bond donors (Lipinski definition) is 0. The molecule has 0 aliphatic carbocycles. The summed E-state index contributed by atoms with van der Waals surface area (Å²) < 4.78 is 5.24. The predicted octanol–water partition coefficient (Wildman–Crippen LogP) is 3.27. The fraction of sp³-hybridized carbons (Fsp3) is 0.273. The van der Waals surface area contributed by atoms with Crippen LogP contribution in [0.2, 0.25) is 0 Å². The largest absolute Gasteiger partial charge is 0.470 e. The first-order chi connectivity index (χ1) is 5.83. The molecule has 0 fully saturated rings. The molecule has 64 valence electrons. The van der Waals surface area contributed by atoms with E-state index in [1.807, 2.05) is 25.1 Å². The topological polar surface area (TPSA) is 13.1 Å². The van der Waals surface area contributed by atoms with Gasteiger partial charge in [-0.15, -0.1) is 0 Å². The van der Waals surface area contributed by atoms with Crippen LogP contribution in [0.25, 0.3) is 0 Å². The summed E-state index contributed by atoms with van der Waals surface area (Å²) in [5.41, 5.74) is 1.31. The fourth-order valence-electron chi connectivity index (χ4n) is 0.926. The van der Waals surface area contributed by atoms with E-state index in [9.17, 15) is 0 Å². The van der Waals surface area contributed by atoms with Gasteiger partial charge in [-0.2, -0.15) is 0 Å². The van der Waals surface area contributed by atoms with Gasteiger partial charge in [-0.05, 0) is 31.0 Å². The van der Waals surface area contributed by atoms with Crippen molar-refractivity contribution in [3.05, 3.63) is 47.9 Å². The molecule has 0 amide bonds. The zero-order chi connectivity index (χ0) is 8.81. The van der Waals surface area contributed by atoms with Crippen LogP contribution in [0.3, 0.4) is 0 Å². The average molecular weight is 162 g/mol. The first-order valence-corrected chi connectivity index (χ1v) is 4.20. The van der Waals surface area contributed by atoms with Crippen LogP contribution in [0.5, 0.6) is 0 Å². The zero-order valence-electron chi connectivity index (χ0n) is 7.58. The average Bonchev–Trinajstić information content (AvgIpc) is 2.17. The Hall–Kier alpha value is -1.24. The maximum absolute atomic E-state index is 5.24. The Morgan fingerprint density at radius 2 is 2.00 bits per heavy atom. The molecular weight excluding hydrogens is 148 g/mol. The molecule has 1 rings (SSSR count). The monoisotopic (exact) mass is 162 g/mol. The Balaban J connectivity index is 3.17. The molecule has 0 N–H and O–H groups in total. The second-order valence-electron chi connectivity index (χ2n) is 2.68. The molecule has 12 heavy (non-hydrogen) atoms. The van der Waals surface area contributed by atoms with Crippen molar-refractivity contribution in [2.75, 3.05) is 0 Å². The van der Waals surface area contributed by atoms with Gasteiger partial charge in [0.2, 0.25) is 0 Å². The fourth-order valence-corrected chi connectivity index (χ4v) is 0.926. The van der Waals surface area contributed by atoms with Crippen molar-refractivity contribution in [3.63, 3.8) is 0 Å². The van der Waals surface area contributed by atoms with Gasteiger partial charge in [-0.25, -0.2) is 0 Å². The van der Waals surface area contributed by atoms with Gasteiger partial charge in [0.25, 0.3) is 0 Å². The van der Waals surface area contributed by atoms with Gasteiger partial charge in [0.1, 0.15) is 5.76 Å².